The quantitative estimate of drug-likeness (QED) is 0.105. The molecule has 4 rings (SSSR count). The SMILES string of the molecule is CCOC(=O)C[C@H](O)[C@H](CC(C)C)NC(=O)[C@H](Cc1cnc[nH]1)NC(=O)[C@H](Cc1cccc2ccccc12)NC(=O)OCc1ccccc1. The number of ether oxygens (including phenoxy) is 2. The second-order valence-corrected chi connectivity index (χ2v) is 12.3. The van der Waals surface area contributed by atoms with Crippen molar-refractivity contribution in [1.82, 2.24) is 25.9 Å². The molecule has 0 bridgehead atoms. The van der Waals surface area contributed by atoms with Gasteiger partial charge < -0.3 is 35.5 Å². The van der Waals surface area contributed by atoms with E-state index in [1.807, 2.05) is 86.6 Å². The highest BCUT2D eigenvalue weighted by atomic mass is 16.5. The Bertz CT molecular complexity index is 1660. The van der Waals surface area contributed by atoms with Crippen LogP contribution in [0.2, 0.25) is 0 Å². The van der Waals surface area contributed by atoms with E-state index in [0.717, 1.165) is 21.9 Å². The number of fused-ring (bicyclic) bond motifs is 1. The third-order valence-electron chi connectivity index (χ3n) is 7.94. The summed E-state index contributed by atoms with van der Waals surface area (Å²) >= 11 is 0. The van der Waals surface area contributed by atoms with Crippen molar-refractivity contribution in [1.29, 1.82) is 0 Å². The van der Waals surface area contributed by atoms with E-state index in [2.05, 4.69) is 25.9 Å². The third-order valence-corrected chi connectivity index (χ3v) is 7.94. The summed E-state index contributed by atoms with van der Waals surface area (Å²) in [5, 5.41) is 21.2. The van der Waals surface area contributed by atoms with Gasteiger partial charge in [0.05, 0.1) is 31.5 Å². The van der Waals surface area contributed by atoms with Crippen molar-refractivity contribution in [2.24, 2.45) is 5.92 Å². The van der Waals surface area contributed by atoms with Crippen molar-refractivity contribution >= 4 is 34.6 Å². The van der Waals surface area contributed by atoms with Gasteiger partial charge in [-0.05, 0) is 41.2 Å². The number of carbonyl (C=O) groups excluding carboxylic acids is 4. The van der Waals surface area contributed by atoms with Gasteiger partial charge >= 0.3 is 12.1 Å². The number of aliphatic hydroxyl groups is 1. The number of rotatable bonds is 17. The zero-order chi connectivity index (χ0) is 35.2. The Hall–Kier alpha value is -5.23. The van der Waals surface area contributed by atoms with Gasteiger partial charge in [0.25, 0.3) is 0 Å². The number of H-pyrrole nitrogens is 1. The van der Waals surface area contributed by atoms with Crippen molar-refractivity contribution < 1.29 is 33.8 Å². The number of hydrogen-bond donors (Lipinski definition) is 5. The minimum Gasteiger partial charge on any atom is -0.466 e. The van der Waals surface area contributed by atoms with Crippen molar-refractivity contribution in [2.45, 2.75) is 77.3 Å². The fourth-order valence-corrected chi connectivity index (χ4v) is 5.54. The number of aromatic nitrogens is 2. The van der Waals surface area contributed by atoms with Gasteiger partial charge in [0.2, 0.25) is 11.8 Å². The highest BCUT2D eigenvalue weighted by Gasteiger charge is 2.32. The van der Waals surface area contributed by atoms with E-state index in [-0.39, 0.29) is 38.4 Å². The summed E-state index contributed by atoms with van der Waals surface area (Å²) in [6.07, 6.45) is 1.22. The summed E-state index contributed by atoms with van der Waals surface area (Å²) in [5.74, 6) is -1.70. The van der Waals surface area contributed by atoms with Crippen LogP contribution in [0.25, 0.3) is 10.8 Å². The van der Waals surface area contributed by atoms with Crippen molar-refractivity contribution in [2.75, 3.05) is 6.61 Å². The minimum absolute atomic E-state index is 0.00546. The summed E-state index contributed by atoms with van der Waals surface area (Å²) in [6.45, 7) is 5.71. The van der Waals surface area contributed by atoms with E-state index >= 15 is 0 Å². The van der Waals surface area contributed by atoms with E-state index in [0.29, 0.717) is 12.1 Å². The molecule has 0 aliphatic heterocycles. The third kappa shape index (κ3) is 11.5. The summed E-state index contributed by atoms with van der Waals surface area (Å²) < 4.78 is 10.4. The molecule has 1 heterocycles. The predicted octanol–water partition coefficient (Wildman–Crippen LogP) is 3.97. The Morgan fingerprint density at radius 2 is 1.53 bits per heavy atom. The topological polar surface area (TPSA) is 172 Å². The van der Waals surface area contributed by atoms with E-state index < -0.39 is 48.1 Å². The van der Waals surface area contributed by atoms with Crippen LogP contribution in [0.15, 0.2) is 85.3 Å². The lowest BCUT2D eigenvalue weighted by Crippen LogP contribution is -2.57. The summed E-state index contributed by atoms with van der Waals surface area (Å²) in [5.41, 5.74) is 2.18. The molecular formula is C37H45N5O7. The molecule has 0 fully saturated rings. The Labute approximate surface area is 286 Å². The average molecular weight is 672 g/mol. The second kappa shape index (κ2) is 18.3. The molecular weight excluding hydrogens is 626 g/mol. The van der Waals surface area contributed by atoms with Gasteiger partial charge in [-0.3, -0.25) is 14.4 Å². The van der Waals surface area contributed by atoms with E-state index in [4.69, 9.17) is 9.47 Å². The van der Waals surface area contributed by atoms with Crippen molar-refractivity contribution in [3.63, 3.8) is 0 Å². The number of benzene rings is 3. The van der Waals surface area contributed by atoms with Crippen LogP contribution in [-0.4, -0.2) is 69.8 Å². The first-order valence-corrected chi connectivity index (χ1v) is 16.5. The van der Waals surface area contributed by atoms with Gasteiger partial charge in [0.15, 0.2) is 0 Å². The highest BCUT2D eigenvalue weighted by Crippen LogP contribution is 2.20. The number of aromatic amines is 1. The van der Waals surface area contributed by atoms with Crippen LogP contribution in [0.5, 0.6) is 0 Å². The molecule has 0 saturated heterocycles. The molecule has 1 aromatic heterocycles. The Morgan fingerprint density at radius 3 is 2.24 bits per heavy atom. The monoisotopic (exact) mass is 671 g/mol. The minimum atomic E-state index is -1.21. The molecule has 12 nitrogen and oxygen atoms in total. The maximum atomic E-state index is 14.1. The zero-order valence-electron chi connectivity index (χ0n) is 28.1. The zero-order valence-corrected chi connectivity index (χ0v) is 28.1. The number of amides is 3. The summed E-state index contributed by atoms with van der Waals surface area (Å²) in [4.78, 5) is 60.1. The van der Waals surface area contributed by atoms with Crippen molar-refractivity contribution in [3.8, 4) is 0 Å². The van der Waals surface area contributed by atoms with E-state index in [1.54, 1.807) is 13.1 Å². The molecule has 3 amide bonds. The summed E-state index contributed by atoms with van der Waals surface area (Å²) in [6, 6.07) is 19.6. The van der Waals surface area contributed by atoms with Crippen LogP contribution in [0, 0.1) is 5.92 Å². The number of carbonyl (C=O) groups is 4. The molecule has 0 aliphatic carbocycles. The molecule has 0 aliphatic rings. The van der Waals surface area contributed by atoms with Gasteiger partial charge in [-0.15, -0.1) is 0 Å². The molecule has 3 aromatic carbocycles. The Kier molecular flexibility index (Phi) is 13.7. The number of alkyl carbamates (subject to hydrolysis) is 1. The number of hydrogen-bond acceptors (Lipinski definition) is 8. The van der Waals surface area contributed by atoms with E-state index in [1.165, 1.54) is 6.33 Å². The first-order chi connectivity index (χ1) is 23.6. The number of aliphatic hydroxyl groups excluding tert-OH is 1. The number of nitrogens with one attached hydrogen (secondary N) is 4. The molecule has 12 heteroatoms. The summed E-state index contributed by atoms with van der Waals surface area (Å²) in [7, 11) is 0. The van der Waals surface area contributed by atoms with Gasteiger partial charge in [-0.25, -0.2) is 9.78 Å². The van der Waals surface area contributed by atoms with Crippen LogP contribution in [-0.2, 0) is 43.3 Å². The molecule has 0 spiro atoms. The first kappa shape index (κ1) is 36.6. The molecule has 0 saturated carbocycles. The lowest BCUT2D eigenvalue weighted by molar-refractivity contribution is -0.146. The smallest absolute Gasteiger partial charge is 0.408 e. The number of esters is 1. The lowest BCUT2D eigenvalue weighted by atomic mass is 9.96. The number of imidazole rings is 1. The van der Waals surface area contributed by atoms with Gasteiger partial charge in [0.1, 0.15) is 18.7 Å². The van der Waals surface area contributed by atoms with E-state index in [9.17, 15) is 24.3 Å². The van der Waals surface area contributed by atoms with Crippen LogP contribution in [0.1, 0.15) is 50.4 Å². The maximum Gasteiger partial charge on any atom is 0.408 e. The number of nitrogens with zero attached hydrogens (tertiary/aromatic N) is 1. The lowest BCUT2D eigenvalue weighted by Gasteiger charge is -2.28. The van der Waals surface area contributed by atoms with Crippen LogP contribution >= 0.6 is 0 Å². The molecule has 260 valence electrons. The van der Waals surface area contributed by atoms with Crippen LogP contribution in [0.3, 0.4) is 0 Å². The second-order valence-electron chi connectivity index (χ2n) is 12.3. The molecule has 4 aromatic rings. The average Bonchev–Trinajstić information content (AvgIpc) is 3.60. The molecule has 5 N–H and O–H groups in total. The largest absolute Gasteiger partial charge is 0.466 e. The highest BCUT2D eigenvalue weighted by molar-refractivity contribution is 5.93. The van der Waals surface area contributed by atoms with Crippen LogP contribution < -0.4 is 16.0 Å². The van der Waals surface area contributed by atoms with Gasteiger partial charge in [-0.2, -0.15) is 0 Å². The van der Waals surface area contributed by atoms with Crippen molar-refractivity contribution in [3.05, 3.63) is 102 Å². The van der Waals surface area contributed by atoms with Gasteiger partial charge in [-0.1, -0.05) is 86.6 Å². The van der Waals surface area contributed by atoms with Crippen LogP contribution in [0.4, 0.5) is 4.79 Å². The van der Waals surface area contributed by atoms with Gasteiger partial charge in [0, 0.05) is 24.7 Å². The first-order valence-electron chi connectivity index (χ1n) is 16.5. The fourth-order valence-electron chi connectivity index (χ4n) is 5.54. The molecule has 0 unspecified atom stereocenters. The molecule has 49 heavy (non-hydrogen) atoms. The fraction of sp³-hybridized carbons (Fsp3) is 0.378. The Balaban J connectivity index is 1.57. The molecule has 4 atom stereocenters. The maximum absolute atomic E-state index is 14.1. The Morgan fingerprint density at radius 1 is 0.837 bits per heavy atom. The predicted molar refractivity (Wildman–Crippen MR) is 184 cm³/mol. The molecule has 0 radical (unpaired) electrons. The standard InChI is InChI=1S/C37H45N5O7/c1-4-48-34(44)20-33(43)30(17-24(2)3)40-36(46)32(19-28-21-38-23-39-28)41-35(45)31(42-37(47)49-22-25-11-6-5-7-12-25)18-27-15-10-14-26-13-8-9-16-29(26)27/h5-16,21,23-24,30-33,43H,4,17-20,22H2,1-3H3,(H,38,39)(H,40,46)(H,41,45)(H,42,47)/t30-,31-,32-,33-/m0/s1. The normalized spacial score (nSPS) is 13.6.